The Morgan fingerprint density at radius 1 is 1.61 bits per heavy atom. The van der Waals surface area contributed by atoms with Gasteiger partial charge in [-0.3, -0.25) is 9.78 Å². The minimum atomic E-state index is -0.152. The predicted octanol–water partition coefficient (Wildman–Crippen LogP) is 2.64. The van der Waals surface area contributed by atoms with E-state index in [0.717, 1.165) is 10.6 Å². The maximum atomic E-state index is 12.0. The average Bonchev–Trinajstić information content (AvgIpc) is 2.81. The molecule has 2 aromatic heterocycles. The van der Waals surface area contributed by atoms with Crippen molar-refractivity contribution in [2.45, 2.75) is 19.4 Å². The molecule has 0 saturated heterocycles. The van der Waals surface area contributed by atoms with Crippen LogP contribution in [0.1, 0.15) is 34.0 Å². The van der Waals surface area contributed by atoms with Gasteiger partial charge in [-0.2, -0.15) is 0 Å². The fourth-order valence-electron chi connectivity index (χ4n) is 1.44. The number of carbonyl (C=O) groups excluding carboxylic acids is 1. The molecule has 0 aliphatic heterocycles. The second-order valence-electron chi connectivity index (χ2n) is 3.93. The number of carbonyl (C=O) groups is 1. The summed E-state index contributed by atoms with van der Waals surface area (Å²) in [5, 5.41) is 2.99. The Labute approximate surface area is 114 Å². The van der Waals surface area contributed by atoms with E-state index in [1.807, 2.05) is 6.92 Å². The highest BCUT2D eigenvalue weighted by Gasteiger charge is 2.14. The van der Waals surface area contributed by atoms with E-state index in [1.165, 1.54) is 17.5 Å². The molecule has 1 atom stereocenters. The fraction of sp³-hybridized carbons (Fsp3) is 0.250. The fourth-order valence-corrected chi connectivity index (χ4v) is 2.40. The van der Waals surface area contributed by atoms with E-state index in [4.69, 9.17) is 17.3 Å². The average molecular weight is 282 g/mol. The maximum Gasteiger partial charge on any atom is 0.186 e. The number of nitrogens with zero attached hydrogens (tertiary/aromatic N) is 2. The Bertz CT molecular complexity index is 568. The van der Waals surface area contributed by atoms with Crippen LogP contribution in [0.4, 0.5) is 0 Å². The largest absolute Gasteiger partial charge is 0.322 e. The first kappa shape index (κ1) is 13.1. The standard InChI is InChI=1S/C12H12ClN3OS/c1-7(14)12-16-10(6-18-12)11(17)4-8-2-3-15-5-9(8)13/h2-3,5-7H,4,14H2,1H3. The Hall–Kier alpha value is -1.30. The van der Waals surface area contributed by atoms with E-state index in [0.29, 0.717) is 10.7 Å². The number of aromatic nitrogens is 2. The lowest BCUT2D eigenvalue weighted by atomic mass is 10.1. The molecule has 4 nitrogen and oxygen atoms in total. The lowest BCUT2D eigenvalue weighted by Crippen LogP contribution is -2.08. The molecule has 2 N–H and O–H groups in total. The molecule has 0 radical (unpaired) electrons. The molecule has 0 bridgehead atoms. The highest BCUT2D eigenvalue weighted by Crippen LogP contribution is 2.19. The zero-order valence-corrected chi connectivity index (χ0v) is 11.3. The molecule has 0 amide bonds. The smallest absolute Gasteiger partial charge is 0.186 e. The number of hydrogen-bond acceptors (Lipinski definition) is 5. The lowest BCUT2D eigenvalue weighted by Gasteiger charge is -2.01. The van der Waals surface area contributed by atoms with Crippen molar-refractivity contribution in [3.63, 3.8) is 0 Å². The summed E-state index contributed by atoms with van der Waals surface area (Å²) in [6, 6.07) is 1.58. The Morgan fingerprint density at radius 2 is 2.39 bits per heavy atom. The van der Waals surface area contributed by atoms with Crippen LogP contribution in [0.15, 0.2) is 23.8 Å². The van der Waals surface area contributed by atoms with E-state index in [-0.39, 0.29) is 18.2 Å². The highest BCUT2D eigenvalue weighted by atomic mass is 35.5. The van der Waals surface area contributed by atoms with Crippen LogP contribution in [0.2, 0.25) is 5.02 Å². The van der Waals surface area contributed by atoms with Crippen molar-refractivity contribution in [2.24, 2.45) is 5.73 Å². The third-order valence-electron chi connectivity index (χ3n) is 2.40. The van der Waals surface area contributed by atoms with Crippen molar-refractivity contribution in [3.8, 4) is 0 Å². The quantitative estimate of drug-likeness (QED) is 0.875. The molecule has 0 fully saturated rings. The summed E-state index contributed by atoms with van der Waals surface area (Å²) in [5.74, 6) is -0.0637. The van der Waals surface area contributed by atoms with Crippen molar-refractivity contribution in [1.29, 1.82) is 0 Å². The molecule has 0 aromatic carbocycles. The number of ketones is 1. The van der Waals surface area contributed by atoms with Crippen molar-refractivity contribution < 1.29 is 4.79 Å². The van der Waals surface area contributed by atoms with Gasteiger partial charge in [0.2, 0.25) is 0 Å². The molecular weight excluding hydrogens is 270 g/mol. The van der Waals surface area contributed by atoms with Gasteiger partial charge in [-0.05, 0) is 18.6 Å². The molecular formula is C12H12ClN3OS. The van der Waals surface area contributed by atoms with Crippen LogP contribution in [-0.2, 0) is 6.42 Å². The van der Waals surface area contributed by atoms with Gasteiger partial charge in [0.15, 0.2) is 5.78 Å². The normalized spacial score (nSPS) is 12.4. The Morgan fingerprint density at radius 3 is 3.00 bits per heavy atom. The van der Waals surface area contributed by atoms with Crippen LogP contribution in [0.3, 0.4) is 0 Å². The lowest BCUT2D eigenvalue weighted by molar-refractivity contribution is 0.0988. The number of halogens is 1. The van der Waals surface area contributed by atoms with Crippen molar-refractivity contribution in [3.05, 3.63) is 45.1 Å². The monoisotopic (exact) mass is 281 g/mol. The van der Waals surface area contributed by atoms with Gasteiger partial charge in [-0.25, -0.2) is 4.98 Å². The topological polar surface area (TPSA) is 68.9 Å². The first-order valence-electron chi connectivity index (χ1n) is 5.40. The molecule has 2 rings (SSSR count). The number of Topliss-reactive ketones (excluding diaryl/α,β-unsaturated/α-hetero) is 1. The molecule has 18 heavy (non-hydrogen) atoms. The van der Waals surface area contributed by atoms with Crippen LogP contribution in [0.5, 0.6) is 0 Å². The van der Waals surface area contributed by atoms with E-state index in [2.05, 4.69) is 9.97 Å². The van der Waals surface area contributed by atoms with Gasteiger partial charge in [0, 0.05) is 24.2 Å². The summed E-state index contributed by atoms with van der Waals surface area (Å²) in [6.07, 6.45) is 3.37. The van der Waals surface area contributed by atoms with E-state index in [1.54, 1.807) is 17.6 Å². The summed E-state index contributed by atoms with van der Waals surface area (Å²) in [7, 11) is 0. The zero-order valence-electron chi connectivity index (χ0n) is 9.76. The second-order valence-corrected chi connectivity index (χ2v) is 5.22. The first-order valence-corrected chi connectivity index (χ1v) is 6.66. The van der Waals surface area contributed by atoms with Crippen LogP contribution in [-0.4, -0.2) is 15.8 Å². The van der Waals surface area contributed by atoms with Crippen LogP contribution in [0, 0.1) is 0 Å². The maximum absolute atomic E-state index is 12.0. The molecule has 0 saturated carbocycles. The summed E-state index contributed by atoms with van der Waals surface area (Å²) in [5.41, 5.74) is 6.91. The number of rotatable bonds is 4. The van der Waals surface area contributed by atoms with Gasteiger partial charge in [0.1, 0.15) is 10.7 Å². The summed E-state index contributed by atoms with van der Waals surface area (Å²) in [4.78, 5) is 20.1. The van der Waals surface area contributed by atoms with Gasteiger partial charge in [0.05, 0.1) is 11.1 Å². The van der Waals surface area contributed by atoms with Gasteiger partial charge < -0.3 is 5.73 Å². The second kappa shape index (κ2) is 5.56. The van der Waals surface area contributed by atoms with Crippen molar-refractivity contribution >= 4 is 28.7 Å². The van der Waals surface area contributed by atoms with Crippen LogP contribution >= 0.6 is 22.9 Å². The minimum absolute atomic E-state index is 0.0637. The number of nitrogens with two attached hydrogens (primary N) is 1. The zero-order chi connectivity index (χ0) is 13.1. The van der Waals surface area contributed by atoms with E-state index < -0.39 is 0 Å². The number of hydrogen-bond donors (Lipinski definition) is 1. The number of thiazole rings is 1. The molecule has 2 aromatic rings. The predicted molar refractivity (Wildman–Crippen MR) is 72.0 cm³/mol. The number of pyridine rings is 1. The molecule has 94 valence electrons. The molecule has 0 aliphatic rings. The molecule has 0 spiro atoms. The molecule has 0 aliphatic carbocycles. The first-order chi connectivity index (χ1) is 8.58. The highest BCUT2D eigenvalue weighted by molar-refractivity contribution is 7.09. The van der Waals surface area contributed by atoms with E-state index in [9.17, 15) is 4.79 Å². The molecule has 6 heteroatoms. The van der Waals surface area contributed by atoms with Gasteiger partial charge >= 0.3 is 0 Å². The summed E-state index contributed by atoms with van der Waals surface area (Å²) < 4.78 is 0. The molecule has 2 heterocycles. The van der Waals surface area contributed by atoms with Gasteiger partial charge in [0.25, 0.3) is 0 Å². The summed E-state index contributed by atoms with van der Waals surface area (Å²) in [6.45, 7) is 1.84. The van der Waals surface area contributed by atoms with Crippen LogP contribution < -0.4 is 5.73 Å². The summed E-state index contributed by atoms with van der Waals surface area (Å²) >= 11 is 7.36. The van der Waals surface area contributed by atoms with E-state index >= 15 is 0 Å². The van der Waals surface area contributed by atoms with Crippen molar-refractivity contribution in [2.75, 3.05) is 0 Å². The van der Waals surface area contributed by atoms with Crippen LogP contribution in [0.25, 0.3) is 0 Å². The van der Waals surface area contributed by atoms with Gasteiger partial charge in [-0.1, -0.05) is 11.6 Å². The molecule has 1 unspecified atom stereocenters. The minimum Gasteiger partial charge on any atom is -0.322 e. The van der Waals surface area contributed by atoms with Gasteiger partial charge in [-0.15, -0.1) is 11.3 Å². The SMILES string of the molecule is CC(N)c1nc(C(=O)Cc2ccncc2Cl)cs1. The third-order valence-corrected chi connectivity index (χ3v) is 3.79. The third kappa shape index (κ3) is 2.93. The Balaban J connectivity index is 2.15. The van der Waals surface area contributed by atoms with Crippen molar-refractivity contribution in [1.82, 2.24) is 9.97 Å². The Kier molecular flexibility index (Phi) is 4.06.